The average Bonchev–Trinajstić information content (AvgIpc) is 3.07. The maximum atomic E-state index is 12.4. The van der Waals surface area contributed by atoms with E-state index in [1.165, 1.54) is 50.5 Å². The van der Waals surface area contributed by atoms with E-state index in [0.29, 0.717) is 28.7 Å². The number of carbonyl (C=O) groups excluding carboxylic acids is 1. The molecule has 0 bridgehead atoms. The molecule has 0 heterocycles. The van der Waals surface area contributed by atoms with Crippen LogP contribution >= 0.6 is 0 Å². The number of rotatable bonds is 9. The third-order valence-electron chi connectivity index (χ3n) is 13.6. The smallest absolute Gasteiger partial charge is 0.412 e. The molecule has 0 unspecified atom stereocenters. The van der Waals surface area contributed by atoms with Crippen LogP contribution in [0.5, 0.6) is 0 Å². The highest BCUT2D eigenvalue weighted by Gasteiger charge is 2.71. The van der Waals surface area contributed by atoms with Gasteiger partial charge in [-0.1, -0.05) is 80.7 Å². The quantitative estimate of drug-likeness (QED) is 0.317. The fraction of sp³-hybridized carbons (Fsp3) is 0.857. The summed E-state index contributed by atoms with van der Waals surface area (Å²) in [4.78, 5) is 14.5. The fourth-order valence-electron chi connectivity index (χ4n) is 10.0. The molecule has 0 aromatic carbocycles. The zero-order chi connectivity index (χ0) is 28.9. The van der Waals surface area contributed by atoms with Crippen LogP contribution in [0.4, 0.5) is 4.79 Å². The van der Waals surface area contributed by atoms with Crippen LogP contribution in [-0.4, -0.2) is 38.2 Å². The molecule has 4 aliphatic rings. The Morgan fingerprint density at radius 1 is 1.00 bits per heavy atom. The maximum Gasteiger partial charge on any atom is 0.412 e. The van der Waals surface area contributed by atoms with Crippen molar-refractivity contribution in [2.75, 3.05) is 27.2 Å². The summed E-state index contributed by atoms with van der Waals surface area (Å²) in [6.45, 7) is 21.9. The van der Waals surface area contributed by atoms with Gasteiger partial charge < -0.3 is 15.0 Å². The van der Waals surface area contributed by atoms with Crippen LogP contribution in [0.1, 0.15) is 120 Å². The van der Waals surface area contributed by atoms with E-state index in [4.69, 9.17) is 4.74 Å². The molecule has 4 heteroatoms. The summed E-state index contributed by atoms with van der Waals surface area (Å²) < 4.78 is 5.79. The number of carbonyl (C=O) groups is 1. The van der Waals surface area contributed by atoms with Crippen LogP contribution in [0.2, 0.25) is 0 Å². The zero-order valence-electron chi connectivity index (χ0n) is 27.1. The van der Waals surface area contributed by atoms with Crippen LogP contribution in [-0.2, 0) is 4.74 Å². The number of hydrogen-bond donors (Lipinski definition) is 1. The van der Waals surface area contributed by atoms with Gasteiger partial charge in [0.05, 0.1) is 0 Å². The largest absolute Gasteiger partial charge is 0.415 e. The Hall–Kier alpha value is -1.29. The van der Waals surface area contributed by atoms with Gasteiger partial charge in [-0.05, 0) is 109 Å². The van der Waals surface area contributed by atoms with E-state index in [-0.39, 0.29) is 16.9 Å². The van der Waals surface area contributed by atoms with Crippen LogP contribution in [0.25, 0.3) is 0 Å². The number of hydrogen-bond acceptors (Lipinski definition) is 3. The zero-order valence-corrected chi connectivity index (χ0v) is 27.1. The lowest BCUT2D eigenvalue weighted by molar-refractivity contribution is -0.177. The minimum Gasteiger partial charge on any atom is -0.415 e. The Labute approximate surface area is 240 Å². The highest BCUT2D eigenvalue weighted by Crippen LogP contribution is 2.79. The predicted octanol–water partition coefficient (Wildman–Crippen LogP) is 8.98. The van der Waals surface area contributed by atoms with Gasteiger partial charge in [0.25, 0.3) is 0 Å². The SMILES string of the molecule is CC(C)CCC[C@H](C)[C@@]1(C)CC[C@@]2(C)[C@@H]3CC=C4C=C(OC(=O)NCCN(C)C)CC[C@]4(C)[C@@]3(C)CC[C@@]21C. The lowest BCUT2D eigenvalue weighted by Gasteiger charge is -2.68. The van der Waals surface area contributed by atoms with Crippen LogP contribution in [0.3, 0.4) is 0 Å². The number of likely N-dealkylation sites (N-methyl/N-ethyl adjacent to an activating group) is 1. The van der Waals surface area contributed by atoms with Crippen molar-refractivity contribution >= 4 is 6.09 Å². The molecule has 0 spiro atoms. The van der Waals surface area contributed by atoms with E-state index < -0.39 is 0 Å². The van der Waals surface area contributed by atoms with Gasteiger partial charge in [0, 0.05) is 19.5 Å². The van der Waals surface area contributed by atoms with Gasteiger partial charge in [-0.3, -0.25) is 0 Å². The number of alkyl carbamates (subject to hydrolysis) is 1. The first-order chi connectivity index (χ1) is 18.1. The average molecular weight is 541 g/mol. The summed E-state index contributed by atoms with van der Waals surface area (Å²) >= 11 is 0. The Morgan fingerprint density at radius 3 is 2.36 bits per heavy atom. The molecule has 4 rings (SSSR count). The van der Waals surface area contributed by atoms with Gasteiger partial charge in [-0.25, -0.2) is 4.79 Å². The van der Waals surface area contributed by atoms with Crippen molar-refractivity contribution < 1.29 is 9.53 Å². The van der Waals surface area contributed by atoms with Crippen LogP contribution in [0.15, 0.2) is 23.5 Å². The van der Waals surface area contributed by atoms with Crippen molar-refractivity contribution in [1.82, 2.24) is 10.2 Å². The number of amides is 1. The topological polar surface area (TPSA) is 41.6 Å². The van der Waals surface area contributed by atoms with Crippen molar-refractivity contribution in [2.24, 2.45) is 44.8 Å². The second-order valence-corrected chi connectivity index (χ2v) is 15.8. The molecule has 222 valence electrons. The molecule has 2 fully saturated rings. The molecule has 0 aromatic heterocycles. The van der Waals surface area contributed by atoms with Gasteiger partial charge in [-0.2, -0.15) is 0 Å². The van der Waals surface area contributed by atoms with Crippen LogP contribution in [0, 0.1) is 44.8 Å². The Bertz CT molecular complexity index is 983. The molecule has 0 saturated heterocycles. The van der Waals surface area contributed by atoms with Crippen molar-refractivity contribution in [1.29, 1.82) is 0 Å². The Kier molecular flexibility index (Phi) is 8.52. The van der Waals surface area contributed by atoms with E-state index in [9.17, 15) is 4.79 Å². The Balaban J connectivity index is 1.54. The van der Waals surface area contributed by atoms with Gasteiger partial charge in [0.1, 0.15) is 5.76 Å². The number of nitrogens with one attached hydrogen (secondary N) is 1. The summed E-state index contributed by atoms with van der Waals surface area (Å²) in [5.74, 6) is 3.12. The van der Waals surface area contributed by atoms with E-state index in [2.05, 4.69) is 77.8 Å². The molecule has 1 N–H and O–H groups in total. The summed E-state index contributed by atoms with van der Waals surface area (Å²) in [6, 6.07) is 0. The molecule has 39 heavy (non-hydrogen) atoms. The normalized spacial score (nSPS) is 40.4. The number of ether oxygens (including phenoxy) is 1. The van der Waals surface area contributed by atoms with E-state index in [1.54, 1.807) is 0 Å². The molecule has 2 saturated carbocycles. The molecule has 4 nitrogen and oxygen atoms in total. The number of allylic oxidation sites excluding steroid dienone is 4. The van der Waals surface area contributed by atoms with E-state index in [0.717, 1.165) is 43.4 Å². The fourth-order valence-corrected chi connectivity index (χ4v) is 10.0. The highest BCUT2D eigenvalue weighted by atomic mass is 16.6. The van der Waals surface area contributed by atoms with Gasteiger partial charge >= 0.3 is 6.09 Å². The summed E-state index contributed by atoms with van der Waals surface area (Å²) in [5, 5.41) is 2.90. The minimum atomic E-state index is -0.319. The molecular weight excluding hydrogens is 480 g/mol. The van der Waals surface area contributed by atoms with Crippen molar-refractivity contribution in [2.45, 2.75) is 120 Å². The Morgan fingerprint density at radius 2 is 1.69 bits per heavy atom. The number of fused-ring (bicyclic) bond motifs is 5. The summed E-state index contributed by atoms with van der Waals surface area (Å²) in [7, 11) is 4.02. The monoisotopic (exact) mass is 540 g/mol. The standard InChI is InChI=1S/C35H60N2O2/c1-25(2)12-11-13-26(3)31(4)18-19-34(7)29-15-14-27-24-28(39-30(38)36-22-23-37(9)10)16-17-32(27,5)33(29,6)20-21-35(31,34)8/h14,24-26,29H,11-13,15-23H2,1-10H3,(H,36,38)/t26-,29+,31+,32-,33-,34-,35+/m0/s1. The molecule has 7 atom stereocenters. The third kappa shape index (κ3) is 4.93. The lowest BCUT2D eigenvalue weighted by atomic mass is 9.36. The molecule has 0 radical (unpaired) electrons. The van der Waals surface area contributed by atoms with Gasteiger partial charge in [0.15, 0.2) is 0 Å². The van der Waals surface area contributed by atoms with E-state index in [1.807, 2.05) is 14.1 Å². The highest BCUT2D eigenvalue weighted by molar-refractivity contribution is 5.68. The number of nitrogens with zero attached hydrogens (tertiary/aromatic N) is 1. The molecule has 0 aliphatic heterocycles. The first-order valence-electron chi connectivity index (χ1n) is 16.1. The first-order valence-corrected chi connectivity index (χ1v) is 16.1. The van der Waals surface area contributed by atoms with Gasteiger partial charge in [-0.15, -0.1) is 0 Å². The lowest BCUT2D eigenvalue weighted by Crippen LogP contribution is -2.61. The molecule has 4 aliphatic carbocycles. The van der Waals surface area contributed by atoms with Crippen LogP contribution < -0.4 is 5.32 Å². The van der Waals surface area contributed by atoms with Crippen molar-refractivity contribution in [3.8, 4) is 0 Å². The third-order valence-corrected chi connectivity index (χ3v) is 13.6. The summed E-state index contributed by atoms with van der Waals surface area (Å²) in [5.41, 5.74) is 2.98. The van der Waals surface area contributed by atoms with E-state index >= 15 is 0 Å². The minimum absolute atomic E-state index is 0.135. The van der Waals surface area contributed by atoms with Crippen molar-refractivity contribution in [3.63, 3.8) is 0 Å². The predicted molar refractivity (Wildman–Crippen MR) is 163 cm³/mol. The second kappa shape index (κ2) is 10.8. The summed E-state index contributed by atoms with van der Waals surface area (Å²) in [6.07, 6.45) is 17.0. The second-order valence-electron chi connectivity index (χ2n) is 15.8. The van der Waals surface area contributed by atoms with Crippen molar-refractivity contribution in [3.05, 3.63) is 23.5 Å². The molecule has 0 aromatic rings. The molecular formula is C35H60N2O2. The molecule has 1 amide bonds. The first kappa shape index (κ1) is 30.7. The van der Waals surface area contributed by atoms with Gasteiger partial charge in [0.2, 0.25) is 0 Å². The maximum absolute atomic E-state index is 12.4.